The molecule has 0 saturated heterocycles. The maximum atomic E-state index is 14.0. The third-order valence-corrected chi connectivity index (χ3v) is 4.46. The molecule has 112 valence electrons. The Hall–Kier alpha value is -2.01. The molecule has 0 unspecified atom stereocenters. The minimum absolute atomic E-state index is 0.0184. The van der Waals surface area contributed by atoms with Gasteiger partial charge in [-0.25, -0.2) is 19.3 Å². The highest BCUT2D eigenvalue weighted by atomic mass is 35.5. The van der Waals surface area contributed by atoms with Crippen LogP contribution in [0.4, 0.5) is 4.39 Å². The van der Waals surface area contributed by atoms with Gasteiger partial charge in [0.2, 0.25) is 5.28 Å². The molecule has 0 aliphatic carbocycles. The molecule has 1 aliphatic heterocycles. The van der Waals surface area contributed by atoms with E-state index in [1.807, 2.05) is 18.2 Å². The Kier molecular flexibility index (Phi) is 2.78. The average molecular weight is 317 g/mol. The van der Waals surface area contributed by atoms with Crippen LogP contribution in [0.2, 0.25) is 5.28 Å². The quantitative estimate of drug-likeness (QED) is 0.638. The fourth-order valence-electron chi connectivity index (χ4n) is 3.19. The molecular formula is C16H14ClFN4. The number of nitrogens with zero attached hydrogens (tertiary/aromatic N) is 4. The number of fused-ring (bicyclic) bond motifs is 3. The number of hydrogen-bond donors (Lipinski definition) is 0. The van der Waals surface area contributed by atoms with Gasteiger partial charge in [-0.3, -0.25) is 0 Å². The molecular weight excluding hydrogens is 303 g/mol. The van der Waals surface area contributed by atoms with Crippen LogP contribution in [0.3, 0.4) is 0 Å². The normalized spacial score (nSPS) is 16.2. The Morgan fingerprint density at radius 3 is 2.91 bits per heavy atom. The SMILES string of the molecule is CC1(C)CCc2nc3ccc(-c4nc(Cl)ncc4F)cc3n21. The van der Waals surface area contributed by atoms with Gasteiger partial charge in [-0.1, -0.05) is 6.07 Å². The van der Waals surface area contributed by atoms with Gasteiger partial charge in [-0.15, -0.1) is 0 Å². The Morgan fingerprint density at radius 1 is 1.27 bits per heavy atom. The first kappa shape index (κ1) is 13.6. The Balaban J connectivity index is 1.96. The molecule has 0 amide bonds. The van der Waals surface area contributed by atoms with Crippen molar-refractivity contribution in [2.45, 2.75) is 32.2 Å². The summed E-state index contributed by atoms with van der Waals surface area (Å²) >= 11 is 5.80. The second-order valence-electron chi connectivity index (χ2n) is 6.21. The summed E-state index contributed by atoms with van der Waals surface area (Å²) in [7, 11) is 0. The molecule has 22 heavy (non-hydrogen) atoms. The summed E-state index contributed by atoms with van der Waals surface area (Å²) in [6.45, 7) is 4.39. The molecule has 6 heteroatoms. The Morgan fingerprint density at radius 2 is 2.09 bits per heavy atom. The number of aryl methyl sites for hydroxylation is 1. The smallest absolute Gasteiger partial charge is 0.223 e. The number of imidazole rings is 1. The summed E-state index contributed by atoms with van der Waals surface area (Å²) in [4.78, 5) is 12.3. The van der Waals surface area contributed by atoms with E-state index in [1.165, 1.54) is 0 Å². The van der Waals surface area contributed by atoms with E-state index < -0.39 is 5.82 Å². The molecule has 1 aliphatic rings. The van der Waals surface area contributed by atoms with Crippen LogP contribution in [0, 0.1) is 5.82 Å². The van der Waals surface area contributed by atoms with Crippen LogP contribution in [0.25, 0.3) is 22.3 Å². The number of aromatic nitrogens is 4. The topological polar surface area (TPSA) is 43.6 Å². The van der Waals surface area contributed by atoms with Crippen molar-refractivity contribution in [2.24, 2.45) is 0 Å². The van der Waals surface area contributed by atoms with Gasteiger partial charge in [0.05, 0.1) is 17.2 Å². The summed E-state index contributed by atoms with van der Waals surface area (Å²) in [6.07, 6.45) is 3.12. The second kappa shape index (κ2) is 4.49. The molecule has 0 N–H and O–H groups in total. The summed E-state index contributed by atoms with van der Waals surface area (Å²) < 4.78 is 16.2. The molecule has 0 atom stereocenters. The van der Waals surface area contributed by atoms with Gasteiger partial charge >= 0.3 is 0 Å². The van der Waals surface area contributed by atoms with Crippen LogP contribution < -0.4 is 0 Å². The van der Waals surface area contributed by atoms with E-state index >= 15 is 0 Å². The molecule has 0 bridgehead atoms. The van der Waals surface area contributed by atoms with Crippen molar-refractivity contribution in [3.63, 3.8) is 0 Å². The van der Waals surface area contributed by atoms with Crippen molar-refractivity contribution >= 4 is 22.6 Å². The van der Waals surface area contributed by atoms with Crippen LogP contribution in [0.15, 0.2) is 24.4 Å². The van der Waals surface area contributed by atoms with Gasteiger partial charge in [0.25, 0.3) is 0 Å². The number of rotatable bonds is 1. The van der Waals surface area contributed by atoms with Crippen molar-refractivity contribution in [1.82, 2.24) is 19.5 Å². The molecule has 0 fully saturated rings. The summed E-state index contributed by atoms with van der Waals surface area (Å²) in [6, 6.07) is 5.65. The van der Waals surface area contributed by atoms with Gasteiger partial charge in [-0.05, 0) is 44.0 Å². The number of halogens is 2. The summed E-state index contributed by atoms with van der Waals surface area (Å²) in [5, 5.41) is 0.0374. The number of hydrogen-bond acceptors (Lipinski definition) is 3. The van der Waals surface area contributed by atoms with E-state index in [0.717, 1.165) is 35.9 Å². The monoisotopic (exact) mass is 316 g/mol. The molecule has 4 nitrogen and oxygen atoms in total. The summed E-state index contributed by atoms with van der Waals surface area (Å²) in [5.41, 5.74) is 2.84. The number of benzene rings is 1. The van der Waals surface area contributed by atoms with Crippen LogP contribution in [-0.4, -0.2) is 19.5 Å². The van der Waals surface area contributed by atoms with Crippen LogP contribution >= 0.6 is 11.6 Å². The Bertz CT molecular complexity index is 901. The summed E-state index contributed by atoms with van der Waals surface area (Å²) in [5.74, 6) is 0.600. The van der Waals surface area contributed by atoms with Crippen molar-refractivity contribution in [3.8, 4) is 11.3 Å². The Labute approximate surface area is 132 Å². The molecule has 0 spiro atoms. The molecule has 1 aromatic carbocycles. The predicted octanol–water partition coefficient (Wildman–Crippen LogP) is 3.97. The zero-order valence-corrected chi connectivity index (χ0v) is 13.0. The minimum atomic E-state index is -0.482. The lowest BCUT2D eigenvalue weighted by atomic mass is 10.0. The first-order valence-electron chi connectivity index (χ1n) is 7.16. The van der Waals surface area contributed by atoms with E-state index in [0.29, 0.717) is 5.56 Å². The highest BCUT2D eigenvalue weighted by Gasteiger charge is 2.32. The lowest BCUT2D eigenvalue weighted by Gasteiger charge is -2.22. The van der Waals surface area contributed by atoms with Crippen molar-refractivity contribution in [1.29, 1.82) is 0 Å². The van der Waals surface area contributed by atoms with Crippen LogP contribution in [0.1, 0.15) is 26.1 Å². The van der Waals surface area contributed by atoms with Gasteiger partial charge in [0.15, 0.2) is 5.82 Å². The van der Waals surface area contributed by atoms with Gasteiger partial charge in [-0.2, -0.15) is 0 Å². The van der Waals surface area contributed by atoms with Crippen molar-refractivity contribution < 1.29 is 4.39 Å². The first-order chi connectivity index (χ1) is 10.5. The fraction of sp³-hybridized carbons (Fsp3) is 0.312. The maximum Gasteiger partial charge on any atom is 0.223 e. The minimum Gasteiger partial charge on any atom is -0.322 e. The van der Waals surface area contributed by atoms with Gasteiger partial charge < -0.3 is 4.57 Å². The zero-order valence-electron chi connectivity index (χ0n) is 12.3. The fourth-order valence-corrected chi connectivity index (χ4v) is 3.33. The average Bonchev–Trinajstić information content (AvgIpc) is 2.99. The van der Waals surface area contributed by atoms with E-state index in [-0.39, 0.29) is 16.5 Å². The van der Waals surface area contributed by atoms with E-state index in [2.05, 4.69) is 33.4 Å². The van der Waals surface area contributed by atoms with E-state index in [4.69, 9.17) is 11.6 Å². The highest BCUT2D eigenvalue weighted by Crippen LogP contribution is 2.36. The molecule has 4 rings (SSSR count). The van der Waals surface area contributed by atoms with E-state index in [1.54, 1.807) is 0 Å². The molecule has 0 radical (unpaired) electrons. The van der Waals surface area contributed by atoms with Crippen molar-refractivity contribution in [2.75, 3.05) is 0 Å². The second-order valence-corrected chi connectivity index (χ2v) is 6.55. The van der Waals surface area contributed by atoms with Crippen LogP contribution in [-0.2, 0) is 12.0 Å². The molecule has 3 aromatic rings. The molecule has 0 saturated carbocycles. The van der Waals surface area contributed by atoms with E-state index in [9.17, 15) is 4.39 Å². The van der Waals surface area contributed by atoms with Gasteiger partial charge in [0, 0.05) is 17.5 Å². The maximum absolute atomic E-state index is 14.0. The lowest BCUT2D eigenvalue weighted by molar-refractivity contribution is 0.386. The third kappa shape index (κ3) is 1.92. The highest BCUT2D eigenvalue weighted by molar-refractivity contribution is 6.28. The van der Waals surface area contributed by atoms with Gasteiger partial charge in [0.1, 0.15) is 11.5 Å². The molecule has 2 aromatic heterocycles. The van der Waals surface area contributed by atoms with Crippen molar-refractivity contribution in [3.05, 3.63) is 41.3 Å². The van der Waals surface area contributed by atoms with Crippen LogP contribution in [0.5, 0.6) is 0 Å². The third-order valence-electron chi connectivity index (χ3n) is 4.28. The predicted molar refractivity (Wildman–Crippen MR) is 83.4 cm³/mol. The standard InChI is InChI=1S/C16H14ClFN4/c1-16(2)6-5-13-20-11-4-3-9(7-12(11)22(13)16)14-10(18)8-19-15(17)21-14/h3-4,7-8H,5-6H2,1-2H3. The zero-order chi connectivity index (χ0) is 15.5. The lowest BCUT2D eigenvalue weighted by Crippen LogP contribution is -2.20. The molecule has 3 heterocycles. The first-order valence-corrected chi connectivity index (χ1v) is 7.54. The largest absolute Gasteiger partial charge is 0.322 e.